The van der Waals surface area contributed by atoms with Crippen LogP contribution in [0.15, 0.2) is 42.5 Å². The number of para-hydroxylation sites is 2. The topological polar surface area (TPSA) is 15.3 Å². The summed E-state index contributed by atoms with van der Waals surface area (Å²) in [6.07, 6.45) is 0. The fraction of sp³-hybridized carbons (Fsp3) is 0.200. The molecule has 2 aromatic rings. The van der Waals surface area contributed by atoms with E-state index in [0.29, 0.717) is 0 Å². The summed E-state index contributed by atoms with van der Waals surface area (Å²) in [6.45, 7) is 0.114. The van der Waals surface area contributed by atoms with E-state index in [0.717, 1.165) is 11.4 Å². The minimum absolute atomic E-state index is 0.0519. The third kappa shape index (κ3) is 3.02. The molecule has 0 aliphatic rings. The Kier molecular flexibility index (Phi) is 4.00. The van der Waals surface area contributed by atoms with Gasteiger partial charge in [0.2, 0.25) is 0 Å². The number of benzene rings is 2. The Morgan fingerprint density at radius 1 is 0.947 bits per heavy atom. The maximum Gasteiger partial charge on any atom is 0.131 e. The van der Waals surface area contributed by atoms with E-state index in [1.165, 1.54) is 18.2 Å². The first-order chi connectivity index (χ1) is 9.09. The molecule has 0 fully saturated rings. The van der Waals surface area contributed by atoms with E-state index >= 15 is 0 Å². The van der Waals surface area contributed by atoms with Gasteiger partial charge in [-0.2, -0.15) is 0 Å². The van der Waals surface area contributed by atoms with Crippen LogP contribution in [0.1, 0.15) is 5.56 Å². The number of nitrogens with zero attached hydrogens (tertiary/aromatic N) is 1. The predicted molar refractivity (Wildman–Crippen MR) is 74.5 cm³/mol. The fourth-order valence-electron chi connectivity index (χ4n) is 1.90. The lowest BCUT2D eigenvalue weighted by atomic mass is 10.2. The smallest absolute Gasteiger partial charge is 0.131 e. The van der Waals surface area contributed by atoms with Gasteiger partial charge in [-0.3, -0.25) is 0 Å². The molecule has 0 saturated carbocycles. The van der Waals surface area contributed by atoms with Crippen LogP contribution in [0.4, 0.5) is 20.2 Å². The maximum absolute atomic E-state index is 13.5. The molecule has 0 heterocycles. The second-order valence-corrected chi connectivity index (χ2v) is 4.47. The van der Waals surface area contributed by atoms with Crippen LogP contribution in [-0.2, 0) is 6.54 Å². The van der Waals surface area contributed by atoms with Crippen molar-refractivity contribution in [3.05, 3.63) is 59.7 Å². The van der Waals surface area contributed by atoms with Crippen LogP contribution >= 0.6 is 0 Å². The van der Waals surface area contributed by atoms with Crippen LogP contribution in [0.5, 0.6) is 0 Å². The van der Waals surface area contributed by atoms with Gasteiger partial charge in [-0.1, -0.05) is 18.2 Å². The molecule has 4 heteroatoms. The number of hydrogen-bond acceptors (Lipinski definition) is 2. The van der Waals surface area contributed by atoms with Crippen LogP contribution < -0.4 is 10.2 Å². The molecule has 2 rings (SSSR count). The Morgan fingerprint density at radius 3 is 2.21 bits per heavy atom. The molecule has 100 valence electrons. The molecule has 1 N–H and O–H groups in total. The van der Waals surface area contributed by atoms with E-state index in [9.17, 15) is 8.78 Å². The van der Waals surface area contributed by atoms with E-state index in [1.807, 2.05) is 43.3 Å². The van der Waals surface area contributed by atoms with Crippen molar-refractivity contribution in [1.82, 2.24) is 0 Å². The molecule has 0 saturated heterocycles. The fourth-order valence-corrected chi connectivity index (χ4v) is 1.90. The average Bonchev–Trinajstić information content (AvgIpc) is 2.38. The maximum atomic E-state index is 13.5. The van der Waals surface area contributed by atoms with Gasteiger partial charge in [0, 0.05) is 26.2 Å². The number of nitrogens with one attached hydrogen (secondary N) is 1. The van der Waals surface area contributed by atoms with Crippen molar-refractivity contribution in [3.63, 3.8) is 0 Å². The standard InChI is InChI=1S/C15H16F2N2/c1-19(2)15-9-4-3-8-14(15)18-10-11-12(16)6-5-7-13(11)17/h3-9,18H,10H2,1-2H3. The Bertz CT molecular complexity index is 548. The van der Waals surface area contributed by atoms with Crippen molar-refractivity contribution in [1.29, 1.82) is 0 Å². The summed E-state index contributed by atoms with van der Waals surface area (Å²) in [4.78, 5) is 1.94. The van der Waals surface area contributed by atoms with Crippen molar-refractivity contribution in [2.75, 3.05) is 24.3 Å². The predicted octanol–water partition coefficient (Wildman–Crippen LogP) is 3.64. The zero-order valence-corrected chi connectivity index (χ0v) is 11.0. The van der Waals surface area contributed by atoms with Gasteiger partial charge in [0.1, 0.15) is 11.6 Å². The Morgan fingerprint density at radius 2 is 1.58 bits per heavy atom. The molecule has 19 heavy (non-hydrogen) atoms. The van der Waals surface area contributed by atoms with Gasteiger partial charge in [-0.05, 0) is 24.3 Å². The Labute approximate surface area is 111 Å². The summed E-state index contributed by atoms with van der Waals surface area (Å²) in [7, 11) is 3.84. The van der Waals surface area contributed by atoms with Crippen LogP contribution in [0.2, 0.25) is 0 Å². The molecule has 2 aromatic carbocycles. The quantitative estimate of drug-likeness (QED) is 0.905. The van der Waals surface area contributed by atoms with Crippen LogP contribution in [0, 0.1) is 11.6 Å². The first kappa shape index (κ1) is 13.3. The lowest BCUT2D eigenvalue weighted by Gasteiger charge is -2.18. The highest BCUT2D eigenvalue weighted by atomic mass is 19.1. The Balaban J connectivity index is 2.19. The van der Waals surface area contributed by atoms with Crippen LogP contribution in [0.3, 0.4) is 0 Å². The van der Waals surface area contributed by atoms with E-state index in [2.05, 4.69) is 5.32 Å². The molecule has 0 unspecified atom stereocenters. The van der Waals surface area contributed by atoms with Gasteiger partial charge in [-0.15, -0.1) is 0 Å². The number of rotatable bonds is 4. The van der Waals surface area contributed by atoms with E-state index in [4.69, 9.17) is 0 Å². The summed E-state index contributed by atoms with van der Waals surface area (Å²) in [5.74, 6) is -1.07. The van der Waals surface area contributed by atoms with Crippen molar-refractivity contribution in [2.24, 2.45) is 0 Å². The van der Waals surface area contributed by atoms with Crippen molar-refractivity contribution in [3.8, 4) is 0 Å². The highest BCUT2D eigenvalue weighted by Crippen LogP contribution is 2.24. The van der Waals surface area contributed by atoms with E-state index in [1.54, 1.807) is 0 Å². The summed E-state index contributed by atoms with van der Waals surface area (Å²) >= 11 is 0. The molecule has 0 bridgehead atoms. The molecular weight excluding hydrogens is 246 g/mol. The zero-order valence-electron chi connectivity index (χ0n) is 11.0. The van der Waals surface area contributed by atoms with Crippen molar-refractivity contribution in [2.45, 2.75) is 6.54 Å². The van der Waals surface area contributed by atoms with Gasteiger partial charge in [0.15, 0.2) is 0 Å². The molecule has 0 radical (unpaired) electrons. The Hall–Kier alpha value is -2.10. The second kappa shape index (κ2) is 5.69. The summed E-state index contributed by atoms with van der Waals surface area (Å²) < 4.78 is 27.0. The van der Waals surface area contributed by atoms with E-state index in [-0.39, 0.29) is 12.1 Å². The third-order valence-electron chi connectivity index (χ3n) is 2.90. The normalized spacial score (nSPS) is 10.3. The van der Waals surface area contributed by atoms with Crippen LogP contribution in [0.25, 0.3) is 0 Å². The second-order valence-electron chi connectivity index (χ2n) is 4.47. The highest BCUT2D eigenvalue weighted by molar-refractivity contribution is 5.69. The largest absolute Gasteiger partial charge is 0.379 e. The van der Waals surface area contributed by atoms with Crippen molar-refractivity contribution < 1.29 is 8.78 Å². The van der Waals surface area contributed by atoms with Gasteiger partial charge in [0.25, 0.3) is 0 Å². The first-order valence-electron chi connectivity index (χ1n) is 6.02. The molecule has 0 spiro atoms. The molecule has 2 nitrogen and oxygen atoms in total. The van der Waals surface area contributed by atoms with Gasteiger partial charge in [0.05, 0.1) is 11.4 Å². The molecule has 0 aromatic heterocycles. The summed E-state index contributed by atoms with van der Waals surface area (Å²) in [6, 6.07) is 11.5. The van der Waals surface area contributed by atoms with Crippen LogP contribution in [-0.4, -0.2) is 14.1 Å². The third-order valence-corrected chi connectivity index (χ3v) is 2.90. The zero-order chi connectivity index (χ0) is 13.8. The molecular formula is C15H16F2N2. The number of halogens is 2. The number of anilines is 2. The highest BCUT2D eigenvalue weighted by Gasteiger charge is 2.09. The summed E-state index contributed by atoms with van der Waals surface area (Å²) in [5, 5.41) is 3.07. The van der Waals surface area contributed by atoms with Gasteiger partial charge < -0.3 is 10.2 Å². The lowest BCUT2D eigenvalue weighted by molar-refractivity contribution is 0.560. The minimum Gasteiger partial charge on any atom is -0.379 e. The molecule has 0 aliphatic heterocycles. The first-order valence-corrected chi connectivity index (χ1v) is 6.02. The summed E-state index contributed by atoms with van der Waals surface area (Å²) in [5.41, 5.74) is 1.87. The molecule has 0 aliphatic carbocycles. The lowest BCUT2D eigenvalue weighted by Crippen LogP contribution is -2.12. The van der Waals surface area contributed by atoms with Gasteiger partial charge >= 0.3 is 0 Å². The monoisotopic (exact) mass is 262 g/mol. The van der Waals surface area contributed by atoms with Gasteiger partial charge in [-0.25, -0.2) is 8.78 Å². The van der Waals surface area contributed by atoms with E-state index < -0.39 is 11.6 Å². The minimum atomic E-state index is -0.533. The molecule has 0 amide bonds. The number of hydrogen-bond donors (Lipinski definition) is 1. The SMILES string of the molecule is CN(C)c1ccccc1NCc1c(F)cccc1F. The average molecular weight is 262 g/mol. The molecule has 0 atom stereocenters. The van der Waals surface area contributed by atoms with Crippen molar-refractivity contribution >= 4 is 11.4 Å².